The van der Waals surface area contributed by atoms with E-state index in [2.05, 4.69) is 29.1 Å². The van der Waals surface area contributed by atoms with E-state index in [4.69, 9.17) is 17.3 Å². The van der Waals surface area contributed by atoms with Gasteiger partial charge < -0.3 is 16.2 Å². The lowest BCUT2D eigenvalue weighted by Gasteiger charge is -2.21. The SMILES string of the molecule is C[C@@H]1C(CO)CC(Nc2ncnc(Cl)c2N)[C@@H]1C. The molecule has 1 fully saturated rings. The molecule has 0 spiro atoms. The molecule has 0 saturated heterocycles. The Hall–Kier alpha value is -1.07. The summed E-state index contributed by atoms with van der Waals surface area (Å²) < 4.78 is 0. The third kappa shape index (κ3) is 2.37. The second-order valence-electron chi connectivity index (χ2n) is 5.07. The minimum Gasteiger partial charge on any atom is -0.396 e. The zero-order chi connectivity index (χ0) is 13.3. The van der Waals surface area contributed by atoms with E-state index < -0.39 is 0 Å². The Labute approximate surface area is 112 Å². The number of nitrogen functional groups attached to an aromatic ring is 1. The number of nitrogens with two attached hydrogens (primary N) is 1. The van der Waals surface area contributed by atoms with Crippen LogP contribution in [-0.4, -0.2) is 27.7 Å². The summed E-state index contributed by atoms with van der Waals surface area (Å²) in [6.45, 7) is 4.57. The molecule has 5 nitrogen and oxygen atoms in total. The van der Waals surface area contributed by atoms with Gasteiger partial charge in [0, 0.05) is 12.6 Å². The number of hydrogen-bond acceptors (Lipinski definition) is 5. The second-order valence-corrected chi connectivity index (χ2v) is 5.43. The molecule has 4 atom stereocenters. The average Bonchev–Trinajstić information content (AvgIpc) is 2.63. The maximum absolute atomic E-state index is 9.34. The first-order valence-corrected chi connectivity index (χ1v) is 6.55. The van der Waals surface area contributed by atoms with Crippen LogP contribution in [0, 0.1) is 17.8 Å². The van der Waals surface area contributed by atoms with E-state index in [1.807, 2.05) is 0 Å². The Morgan fingerprint density at radius 1 is 1.44 bits per heavy atom. The molecule has 18 heavy (non-hydrogen) atoms. The summed E-state index contributed by atoms with van der Waals surface area (Å²) >= 11 is 5.86. The van der Waals surface area contributed by atoms with Gasteiger partial charge in [0.15, 0.2) is 11.0 Å². The molecule has 1 saturated carbocycles. The number of aliphatic hydroxyl groups is 1. The van der Waals surface area contributed by atoms with Crippen molar-refractivity contribution < 1.29 is 5.11 Å². The predicted octanol–water partition coefficient (Wildman–Crippen LogP) is 1.78. The second kappa shape index (κ2) is 5.28. The van der Waals surface area contributed by atoms with Gasteiger partial charge in [0.05, 0.1) is 0 Å². The van der Waals surface area contributed by atoms with Gasteiger partial charge in [-0.1, -0.05) is 25.4 Å². The van der Waals surface area contributed by atoms with Crippen molar-refractivity contribution in [3.8, 4) is 0 Å². The van der Waals surface area contributed by atoms with E-state index in [-0.39, 0.29) is 17.8 Å². The topological polar surface area (TPSA) is 84.1 Å². The number of rotatable bonds is 3. The highest BCUT2D eigenvalue weighted by Gasteiger charge is 2.37. The van der Waals surface area contributed by atoms with Crippen molar-refractivity contribution in [3.05, 3.63) is 11.5 Å². The number of aromatic nitrogens is 2. The fraction of sp³-hybridized carbons (Fsp3) is 0.667. The van der Waals surface area contributed by atoms with E-state index >= 15 is 0 Å². The molecule has 100 valence electrons. The molecule has 0 radical (unpaired) electrons. The Bertz CT molecular complexity index is 429. The van der Waals surface area contributed by atoms with Crippen molar-refractivity contribution in [2.24, 2.45) is 17.8 Å². The van der Waals surface area contributed by atoms with Crippen molar-refractivity contribution in [1.82, 2.24) is 9.97 Å². The van der Waals surface area contributed by atoms with Crippen LogP contribution in [0.15, 0.2) is 6.33 Å². The Morgan fingerprint density at radius 2 is 2.17 bits per heavy atom. The molecule has 0 aliphatic heterocycles. The molecule has 1 aliphatic carbocycles. The van der Waals surface area contributed by atoms with Gasteiger partial charge in [-0.2, -0.15) is 0 Å². The zero-order valence-corrected chi connectivity index (χ0v) is 11.4. The van der Waals surface area contributed by atoms with Gasteiger partial charge in [-0.15, -0.1) is 0 Å². The number of nitrogens with zero attached hydrogens (tertiary/aromatic N) is 2. The smallest absolute Gasteiger partial charge is 0.157 e. The summed E-state index contributed by atoms with van der Waals surface area (Å²) in [5.74, 6) is 1.84. The highest BCUT2D eigenvalue weighted by molar-refractivity contribution is 6.32. The van der Waals surface area contributed by atoms with E-state index in [0.29, 0.717) is 29.3 Å². The van der Waals surface area contributed by atoms with Gasteiger partial charge in [0.2, 0.25) is 0 Å². The van der Waals surface area contributed by atoms with E-state index in [1.165, 1.54) is 6.33 Å². The van der Waals surface area contributed by atoms with Crippen LogP contribution in [0.1, 0.15) is 20.3 Å². The molecular weight excluding hydrogens is 252 g/mol. The molecule has 1 aromatic rings. The van der Waals surface area contributed by atoms with Crippen molar-refractivity contribution in [3.63, 3.8) is 0 Å². The fourth-order valence-electron chi connectivity index (χ4n) is 2.65. The first-order chi connectivity index (χ1) is 8.54. The number of halogens is 1. The monoisotopic (exact) mass is 270 g/mol. The van der Waals surface area contributed by atoms with Gasteiger partial charge in [0.1, 0.15) is 12.0 Å². The minimum absolute atomic E-state index is 0.226. The van der Waals surface area contributed by atoms with Gasteiger partial charge in [-0.05, 0) is 24.2 Å². The van der Waals surface area contributed by atoms with Gasteiger partial charge in [-0.3, -0.25) is 0 Å². The highest BCUT2D eigenvalue weighted by Crippen LogP contribution is 2.38. The van der Waals surface area contributed by atoms with Crippen molar-refractivity contribution in [2.45, 2.75) is 26.3 Å². The predicted molar refractivity (Wildman–Crippen MR) is 72.4 cm³/mol. The van der Waals surface area contributed by atoms with E-state index in [9.17, 15) is 5.11 Å². The molecule has 2 unspecified atom stereocenters. The molecular formula is C12H19ClN4O. The quantitative estimate of drug-likeness (QED) is 0.729. The summed E-state index contributed by atoms with van der Waals surface area (Å²) in [7, 11) is 0. The Morgan fingerprint density at radius 3 is 2.78 bits per heavy atom. The highest BCUT2D eigenvalue weighted by atomic mass is 35.5. The number of anilines is 2. The molecule has 0 aromatic carbocycles. The van der Waals surface area contributed by atoms with Crippen LogP contribution >= 0.6 is 11.6 Å². The van der Waals surface area contributed by atoms with Crippen LogP contribution in [0.4, 0.5) is 11.5 Å². The van der Waals surface area contributed by atoms with Crippen molar-refractivity contribution >= 4 is 23.1 Å². The summed E-state index contributed by atoms with van der Waals surface area (Å²) in [6.07, 6.45) is 2.31. The number of aliphatic hydroxyl groups excluding tert-OH is 1. The van der Waals surface area contributed by atoms with Gasteiger partial charge in [-0.25, -0.2) is 9.97 Å². The summed E-state index contributed by atoms with van der Waals surface area (Å²) in [6, 6.07) is 0.255. The van der Waals surface area contributed by atoms with Crippen LogP contribution in [-0.2, 0) is 0 Å². The van der Waals surface area contributed by atoms with Crippen LogP contribution in [0.3, 0.4) is 0 Å². The number of nitrogens with one attached hydrogen (secondary N) is 1. The third-order valence-corrected chi connectivity index (χ3v) is 4.46. The molecule has 1 aliphatic rings. The molecule has 6 heteroatoms. The van der Waals surface area contributed by atoms with Crippen molar-refractivity contribution in [2.75, 3.05) is 17.7 Å². The lowest BCUT2D eigenvalue weighted by Crippen LogP contribution is -2.25. The molecule has 1 heterocycles. The zero-order valence-electron chi connectivity index (χ0n) is 10.6. The third-order valence-electron chi connectivity index (χ3n) is 4.16. The largest absolute Gasteiger partial charge is 0.396 e. The maximum Gasteiger partial charge on any atom is 0.157 e. The minimum atomic E-state index is 0.226. The molecule has 4 N–H and O–H groups in total. The molecule has 2 rings (SSSR count). The van der Waals surface area contributed by atoms with E-state index in [0.717, 1.165) is 6.42 Å². The summed E-state index contributed by atoms with van der Waals surface area (Å²) in [4.78, 5) is 7.95. The Kier molecular flexibility index (Phi) is 3.92. The van der Waals surface area contributed by atoms with Crippen molar-refractivity contribution in [1.29, 1.82) is 0 Å². The molecule has 1 aromatic heterocycles. The standard InChI is InChI=1S/C12H19ClN4O/c1-6-7(2)9(3-8(6)4-18)17-12-10(14)11(13)15-5-16-12/h5-9,18H,3-4,14H2,1-2H3,(H,15,16,17)/t6-,7+,8?,9?/m0/s1. The maximum atomic E-state index is 9.34. The first kappa shape index (κ1) is 13.4. The summed E-state index contributed by atoms with van der Waals surface area (Å²) in [5.41, 5.74) is 6.22. The van der Waals surface area contributed by atoms with Crippen LogP contribution < -0.4 is 11.1 Å². The Balaban J connectivity index is 2.13. The lowest BCUT2D eigenvalue weighted by molar-refractivity contribution is 0.191. The fourth-order valence-corrected chi connectivity index (χ4v) is 2.78. The van der Waals surface area contributed by atoms with Crippen LogP contribution in [0.5, 0.6) is 0 Å². The van der Waals surface area contributed by atoms with Crippen LogP contribution in [0.2, 0.25) is 5.15 Å². The number of hydrogen-bond donors (Lipinski definition) is 3. The normalized spacial score (nSPS) is 31.6. The first-order valence-electron chi connectivity index (χ1n) is 6.18. The average molecular weight is 271 g/mol. The molecule has 0 amide bonds. The molecule has 0 bridgehead atoms. The van der Waals surface area contributed by atoms with Gasteiger partial charge in [0.25, 0.3) is 0 Å². The van der Waals surface area contributed by atoms with Crippen LogP contribution in [0.25, 0.3) is 0 Å². The van der Waals surface area contributed by atoms with E-state index in [1.54, 1.807) is 0 Å². The summed E-state index contributed by atoms with van der Waals surface area (Å²) in [5, 5.41) is 12.9. The van der Waals surface area contributed by atoms with Gasteiger partial charge >= 0.3 is 0 Å². The lowest BCUT2D eigenvalue weighted by atomic mass is 9.92.